The van der Waals surface area contributed by atoms with Crippen LogP contribution < -0.4 is 4.74 Å². The Kier molecular flexibility index (Phi) is 7.36. The normalized spacial score (nSPS) is 12.9. The molecular weight excluding hydrogens is 388 g/mol. The minimum atomic E-state index is -1.27. The van der Waals surface area contributed by atoms with Crippen LogP contribution in [0.3, 0.4) is 0 Å². The predicted octanol–water partition coefficient (Wildman–Crippen LogP) is 5.53. The largest absolute Gasteiger partial charge is 0.481 e. The number of rotatable bonds is 8. The lowest BCUT2D eigenvalue weighted by molar-refractivity contribution is -0.167. The number of carbonyl (C=O) groups is 2. The average molecular weight is 417 g/mol. The van der Waals surface area contributed by atoms with E-state index in [1.807, 2.05) is 54.6 Å². The molecule has 0 aliphatic heterocycles. The molecule has 5 nitrogen and oxygen atoms in total. The van der Waals surface area contributed by atoms with E-state index in [1.165, 1.54) is 11.8 Å². The molecule has 2 rings (SSSR count). The molecule has 6 heteroatoms. The van der Waals surface area contributed by atoms with Gasteiger partial charge in [-0.2, -0.15) is 0 Å². The summed E-state index contributed by atoms with van der Waals surface area (Å²) in [7, 11) is 0. The maximum Gasteiger partial charge on any atom is 0.322 e. The van der Waals surface area contributed by atoms with Crippen molar-refractivity contribution in [3.8, 4) is 11.5 Å². The molecular formula is C23H28O5S. The highest BCUT2D eigenvalue weighted by Crippen LogP contribution is 2.37. The average Bonchev–Trinajstić information content (AvgIpc) is 2.59. The van der Waals surface area contributed by atoms with Gasteiger partial charge in [0, 0.05) is 10.5 Å². The van der Waals surface area contributed by atoms with Gasteiger partial charge in [-0.1, -0.05) is 30.3 Å². The molecule has 0 aromatic heterocycles. The van der Waals surface area contributed by atoms with Crippen LogP contribution in [0.1, 0.15) is 40.2 Å². The van der Waals surface area contributed by atoms with Crippen molar-refractivity contribution in [1.29, 1.82) is 0 Å². The summed E-state index contributed by atoms with van der Waals surface area (Å²) in [6.45, 7) is 8.68. The second-order valence-electron chi connectivity index (χ2n) is 8.26. The fourth-order valence-electron chi connectivity index (χ4n) is 2.72. The quantitative estimate of drug-likeness (QED) is 0.450. The summed E-state index contributed by atoms with van der Waals surface area (Å²) in [6.07, 6.45) is 0. The Labute approximate surface area is 176 Å². The third kappa shape index (κ3) is 7.13. The number of carbonyl (C=O) groups excluding carboxylic acids is 1. The molecule has 0 saturated heterocycles. The fraction of sp³-hybridized carbons (Fsp3) is 0.391. The zero-order valence-electron chi connectivity index (χ0n) is 17.5. The highest BCUT2D eigenvalue weighted by atomic mass is 32.2. The number of thioether (sulfide) groups is 1. The van der Waals surface area contributed by atoms with Gasteiger partial charge >= 0.3 is 11.9 Å². The zero-order valence-corrected chi connectivity index (χ0v) is 18.3. The van der Waals surface area contributed by atoms with Crippen molar-refractivity contribution in [1.82, 2.24) is 0 Å². The summed E-state index contributed by atoms with van der Waals surface area (Å²) >= 11 is 1.40. The van der Waals surface area contributed by atoms with Crippen LogP contribution in [-0.2, 0) is 20.1 Å². The van der Waals surface area contributed by atoms with Gasteiger partial charge in [0.15, 0.2) is 5.92 Å². The van der Waals surface area contributed by atoms with Crippen molar-refractivity contribution in [2.75, 3.05) is 0 Å². The summed E-state index contributed by atoms with van der Waals surface area (Å²) in [5.74, 6) is -1.19. The van der Waals surface area contributed by atoms with Gasteiger partial charge in [0.1, 0.15) is 17.1 Å². The van der Waals surface area contributed by atoms with Crippen LogP contribution in [0.2, 0.25) is 0 Å². The molecule has 0 spiro atoms. The third-order valence-electron chi connectivity index (χ3n) is 4.07. The Morgan fingerprint density at radius 1 is 0.966 bits per heavy atom. The predicted molar refractivity (Wildman–Crippen MR) is 115 cm³/mol. The second-order valence-corrected chi connectivity index (χ2v) is 9.89. The lowest BCUT2D eigenvalue weighted by Gasteiger charge is -2.31. The number of benzene rings is 2. The van der Waals surface area contributed by atoms with Gasteiger partial charge in [0.2, 0.25) is 0 Å². The Hall–Kier alpha value is -2.47. The van der Waals surface area contributed by atoms with E-state index in [4.69, 9.17) is 9.47 Å². The Bertz CT molecular complexity index is 840. The summed E-state index contributed by atoms with van der Waals surface area (Å²) in [6, 6.07) is 17.1. The Morgan fingerprint density at radius 2 is 1.59 bits per heavy atom. The molecule has 1 N–H and O–H groups in total. The summed E-state index contributed by atoms with van der Waals surface area (Å²) < 4.78 is 10.3. The van der Waals surface area contributed by atoms with E-state index in [0.717, 1.165) is 11.3 Å². The first-order chi connectivity index (χ1) is 13.5. The molecule has 0 aliphatic carbocycles. The van der Waals surface area contributed by atoms with Gasteiger partial charge in [-0.15, -0.1) is 11.8 Å². The number of para-hydroxylation sites is 1. The molecule has 29 heavy (non-hydrogen) atoms. The first-order valence-corrected chi connectivity index (χ1v) is 10.4. The molecule has 0 bridgehead atoms. The standard InChI is InChI=1S/C23H28O5S/c1-22(2,3)28-21(26)19(20(24)25)23(4,5)29-15-16-10-9-13-18(14-16)27-17-11-7-6-8-12-17/h6-14,19H,15H2,1-5H3,(H,24,25). The van der Waals surface area contributed by atoms with E-state index >= 15 is 0 Å². The van der Waals surface area contributed by atoms with Crippen molar-refractivity contribution in [2.45, 2.75) is 50.7 Å². The van der Waals surface area contributed by atoms with E-state index < -0.39 is 28.2 Å². The van der Waals surface area contributed by atoms with Gasteiger partial charge in [0.25, 0.3) is 0 Å². The van der Waals surface area contributed by atoms with E-state index in [9.17, 15) is 14.7 Å². The number of carboxylic acid groups (broad SMARTS) is 1. The first kappa shape index (κ1) is 22.8. The number of aliphatic carboxylic acids is 1. The van der Waals surface area contributed by atoms with Crippen LogP contribution in [0.5, 0.6) is 11.5 Å². The van der Waals surface area contributed by atoms with Crippen molar-refractivity contribution in [3.63, 3.8) is 0 Å². The van der Waals surface area contributed by atoms with Crippen molar-refractivity contribution in [2.24, 2.45) is 5.92 Å². The molecule has 0 saturated carbocycles. The molecule has 0 aliphatic rings. The smallest absolute Gasteiger partial charge is 0.322 e. The van der Waals surface area contributed by atoms with Crippen LogP contribution in [-0.4, -0.2) is 27.4 Å². The highest BCUT2D eigenvalue weighted by Gasteiger charge is 2.44. The highest BCUT2D eigenvalue weighted by molar-refractivity contribution is 7.99. The number of hydrogen-bond donors (Lipinski definition) is 1. The lowest BCUT2D eigenvalue weighted by atomic mass is 9.94. The lowest BCUT2D eigenvalue weighted by Crippen LogP contribution is -2.43. The molecule has 2 aromatic carbocycles. The van der Waals surface area contributed by atoms with Gasteiger partial charge in [0.05, 0.1) is 0 Å². The minimum absolute atomic E-state index is 0.533. The molecule has 0 heterocycles. The number of carboxylic acids is 1. The van der Waals surface area contributed by atoms with Crippen LogP contribution in [0.25, 0.3) is 0 Å². The van der Waals surface area contributed by atoms with E-state index in [2.05, 4.69) is 0 Å². The van der Waals surface area contributed by atoms with Crippen LogP contribution in [0, 0.1) is 5.92 Å². The molecule has 0 radical (unpaired) electrons. The molecule has 0 fully saturated rings. The molecule has 1 unspecified atom stereocenters. The summed E-state index contributed by atoms with van der Waals surface area (Å²) in [5, 5.41) is 9.65. The van der Waals surface area contributed by atoms with Crippen LogP contribution >= 0.6 is 11.8 Å². The maximum atomic E-state index is 12.5. The second kappa shape index (κ2) is 9.35. The molecule has 0 amide bonds. The van der Waals surface area contributed by atoms with Gasteiger partial charge in [-0.25, -0.2) is 0 Å². The van der Waals surface area contributed by atoms with E-state index in [0.29, 0.717) is 11.5 Å². The summed E-state index contributed by atoms with van der Waals surface area (Å²) in [5.41, 5.74) is 0.235. The number of ether oxygens (including phenoxy) is 2. The summed E-state index contributed by atoms with van der Waals surface area (Å²) in [4.78, 5) is 24.3. The molecule has 1 atom stereocenters. The zero-order chi connectivity index (χ0) is 21.7. The number of hydrogen-bond acceptors (Lipinski definition) is 5. The van der Waals surface area contributed by atoms with E-state index in [-0.39, 0.29) is 0 Å². The number of esters is 1. The Balaban J connectivity index is 2.09. The SMILES string of the molecule is CC(C)(C)OC(=O)C(C(=O)O)C(C)(C)SCc1cccc(Oc2ccccc2)c1. The fourth-order valence-corrected chi connectivity index (χ4v) is 3.80. The van der Waals surface area contributed by atoms with Gasteiger partial charge in [-0.3, -0.25) is 9.59 Å². The van der Waals surface area contributed by atoms with Crippen molar-refractivity contribution in [3.05, 3.63) is 60.2 Å². The van der Waals surface area contributed by atoms with Gasteiger partial charge < -0.3 is 14.6 Å². The first-order valence-electron chi connectivity index (χ1n) is 9.39. The third-order valence-corrected chi connectivity index (χ3v) is 5.53. The Morgan fingerprint density at radius 3 is 2.17 bits per heavy atom. The molecule has 2 aromatic rings. The van der Waals surface area contributed by atoms with Crippen molar-refractivity contribution < 1.29 is 24.2 Å². The van der Waals surface area contributed by atoms with Crippen molar-refractivity contribution >= 4 is 23.7 Å². The monoisotopic (exact) mass is 416 g/mol. The van der Waals surface area contributed by atoms with Gasteiger partial charge in [-0.05, 0) is 64.4 Å². The topological polar surface area (TPSA) is 72.8 Å². The van der Waals surface area contributed by atoms with Crippen LogP contribution in [0.4, 0.5) is 0 Å². The molecule has 156 valence electrons. The minimum Gasteiger partial charge on any atom is -0.481 e. The maximum absolute atomic E-state index is 12.5. The van der Waals surface area contributed by atoms with E-state index in [1.54, 1.807) is 34.6 Å². The van der Waals surface area contributed by atoms with Crippen LogP contribution in [0.15, 0.2) is 54.6 Å².